The fraction of sp³-hybridized carbons (Fsp3) is 0.200. The fourth-order valence-corrected chi connectivity index (χ4v) is 1.18. The van der Waals surface area contributed by atoms with Crippen LogP contribution in [0.2, 0.25) is 0 Å². The molecule has 0 heterocycles. The second-order valence-corrected chi connectivity index (χ2v) is 2.89. The summed E-state index contributed by atoms with van der Waals surface area (Å²) in [6, 6.07) is 7.21. The third-order valence-electron chi connectivity index (χ3n) is 1.69. The Kier molecular flexibility index (Phi) is 3.58. The van der Waals surface area contributed by atoms with Gasteiger partial charge in [-0.2, -0.15) is 0 Å². The molecule has 3 heteroatoms. The van der Waals surface area contributed by atoms with Gasteiger partial charge in [-0.3, -0.25) is 0 Å². The molecule has 0 aliphatic rings. The standard InChI is InChI=1S/C10H10O2S/c1-12-10(11)9-4-2-8(3-5-9)6-7-13/h2-5,7H,6H2,1H3. The monoisotopic (exact) mass is 194 g/mol. The summed E-state index contributed by atoms with van der Waals surface area (Å²) >= 11 is 4.72. The quantitative estimate of drug-likeness (QED) is 0.544. The smallest absolute Gasteiger partial charge is 0.337 e. The number of ether oxygens (including phenoxy) is 1. The average molecular weight is 194 g/mol. The molecule has 13 heavy (non-hydrogen) atoms. The number of methoxy groups -OCH3 is 1. The molecule has 0 aliphatic carbocycles. The number of carbonyl (C=O) groups excluding carboxylic acids is 1. The lowest BCUT2D eigenvalue weighted by Crippen LogP contribution is -2.00. The Bertz CT molecular complexity index is 303. The molecule has 0 radical (unpaired) electrons. The highest BCUT2D eigenvalue weighted by Crippen LogP contribution is 2.05. The molecule has 68 valence electrons. The summed E-state index contributed by atoms with van der Waals surface area (Å²) in [4.78, 5) is 11.0. The highest BCUT2D eigenvalue weighted by Gasteiger charge is 2.03. The van der Waals surface area contributed by atoms with Crippen LogP contribution in [0.3, 0.4) is 0 Å². The first kappa shape index (κ1) is 9.86. The van der Waals surface area contributed by atoms with E-state index >= 15 is 0 Å². The van der Waals surface area contributed by atoms with Crippen LogP contribution >= 0.6 is 12.2 Å². The minimum Gasteiger partial charge on any atom is -0.465 e. The number of hydrogen-bond donors (Lipinski definition) is 0. The van der Waals surface area contributed by atoms with Gasteiger partial charge < -0.3 is 4.74 Å². The average Bonchev–Trinajstić information content (AvgIpc) is 2.18. The highest BCUT2D eigenvalue weighted by atomic mass is 32.1. The predicted octanol–water partition coefficient (Wildman–Crippen LogP) is 2.02. The predicted molar refractivity (Wildman–Crippen MR) is 55.1 cm³/mol. The molecule has 0 atom stereocenters. The Morgan fingerprint density at radius 2 is 2.08 bits per heavy atom. The van der Waals surface area contributed by atoms with E-state index in [4.69, 9.17) is 12.2 Å². The van der Waals surface area contributed by atoms with Crippen LogP contribution in [0.25, 0.3) is 0 Å². The van der Waals surface area contributed by atoms with Gasteiger partial charge in [0.15, 0.2) is 0 Å². The number of benzene rings is 1. The number of thiocarbonyl (C=S) groups is 1. The molecule has 0 bridgehead atoms. The lowest BCUT2D eigenvalue weighted by atomic mass is 10.1. The van der Waals surface area contributed by atoms with Crippen molar-refractivity contribution in [3.8, 4) is 0 Å². The molecule has 2 nitrogen and oxygen atoms in total. The van der Waals surface area contributed by atoms with E-state index in [1.54, 1.807) is 17.5 Å². The van der Waals surface area contributed by atoms with Gasteiger partial charge in [0.25, 0.3) is 0 Å². The molecule has 0 aromatic heterocycles. The van der Waals surface area contributed by atoms with Gasteiger partial charge in [-0.05, 0) is 23.1 Å². The first-order chi connectivity index (χ1) is 6.27. The molecule has 0 saturated carbocycles. The normalized spacial score (nSPS) is 9.31. The maximum absolute atomic E-state index is 11.0. The largest absolute Gasteiger partial charge is 0.465 e. The second kappa shape index (κ2) is 4.72. The van der Waals surface area contributed by atoms with Crippen LogP contribution in [0.1, 0.15) is 15.9 Å². The van der Waals surface area contributed by atoms with Crippen molar-refractivity contribution >= 4 is 23.6 Å². The van der Waals surface area contributed by atoms with E-state index in [1.165, 1.54) is 7.11 Å². The molecule has 1 aromatic carbocycles. The van der Waals surface area contributed by atoms with Crippen LogP contribution in [0.5, 0.6) is 0 Å². The van der Waals surface area contributed by atoms with E-state index in [0.29, 0.717) is 5.56 Å². The lowest BCUT2D eigenvalue weighted by molar-refractivity contribution is 0.0601. The Morgan fingerprint density at radius 1 is 1.46 bits per heavy atom. The van der Waals surface area contributed by atoms with Crippen LogP contribution in [0.15, 0.2) is 24.3 Å². The van der Waals surface area contributed by atoms with Crippen LogP contribution in [-0.2, 0) is 11.2 Å². The van der Waals surface area contributed by atoms with Crippen molar-refractivity contribution in [2.75, 3.05) is 7.11 Å². The molecular weight excluding hydrogens is 184 g/mol. The SMILES string of the molecule is COC(=O)c1ccc(CC=S)cc1. The van der Waals surface area contributed by atoms with Crippen molar-refractivity contribution < 1.29 is 9.53 Å². The Hall–Kier alpha value is -1.22. The highest BCUT2D eigenvalue weighted by molar-refractivity contribution is 7.78. The Labute approximate surface area is 82.5 Å². The molecule has 0 aliphatic heterocycles. The number of rotatable bonds is 3. The molecule has 0 N–H and O–H groups in total. The van der Waals surface area contributed by atoms with Crippen LogP contribution in [0.4, 0.5) is 0 Å². The first-order valence-electron chi connectivity index (χ1n) is 3.89. The lowest BCUT2D eigenvalue weighted by Gasteiger charge is -1.99. The topological polar surface area (TPSA) is 26.3 Å². The van der Waals surface area contributed by atoms with Gasteiger partial charge in [0.05, 0.1) is 12.7 Å². The molecule has 0 saturated heterocycles. The molecule has 1 aromatic rings. The fourth-order valence-electron chi connectivity index (χ4n) is 0.991. The van der Waals surface area contributed by atoms with Crippen molar-refractivity contribution in [3.63, 3.8) is 0 Å². The van der Waals surface area contributed by atoms with Gasteiger partial charge in [0, 0.05) is 6.42 Å². The van der Waals surface area contributed by atoms with Gasteiger partial charge in [-0.1, -0.05) is 24.4 Å². The molecule has 0 spiro atoms. The van der Waals surface area contributed by atoms with E-state index in [-0.39, 0.29) is 5.97 Å². The van der Waals surface area contributed by atoms with Crippen molar-refractivity contribution in [2.24, 2.45) is 0 Å². The Morgan fingerprint density at radius 3 is 2.54 bits per heavy atom. The minimum atomic E-state index is -0.311. The first-order valence-corrected chi connectivity index (χ1v) is 4.36. The van der Waals surface area contributed by atoms with Gasteiger partial charge in [0.1, 0.15) is 0 Å². The van der Waals surface area contributed by atoms with Crippen LogP contribution in [0, 0.1) is 0 Å². The Balaban J connectivity index is 2.80. The summed E-state index contributed by atoms with van der Waals surface area (Å²) in [7, 11) is 1.37. The third-order valence-corrected chi connectivity index (χ3v) is 1.86. The number of carbonyl (C=O) groups is 1. The summed E-state index contributed by atoms with van der Waals surface area (Å²) in [5, 5.41) is 1.66. The molecular formula is C10H10O2S. The van der Waals surface area contributed by atoms with Crippen LogP contribution < -0.4 is 0 Å². The molecule has 1 rings (SSSR count). The van der Waals surface area contributed by atoms with Crippen molar-refractivity contribution in [1.29, 1.82) is 0 Å². The van der Waals surface area contributed by atoms with Gasteiger partial charge in [-0.25, -0.2) is 4.79 Å². The summed E-state index contributed by atoms with van der Waals surface area (Å²) in [5.74, 6) is -0.311. The van der Waals surface area contributed by atoms with Crippen molar-refractivity contribution in [1.82, 2.24) is 0 Å². The maximum atomic E-state index is 11.0. The zero-order valence-corrected chi connectivity index (χ0v) is 8.14. The summed E-state index contributed by atoms with van der Waals surface area (Å²) in [6.07, 6.45) is 0.747. The van der Waals surface area contributed by atoms with Gasteiger partial charge in [-0.15, -0.1) is 0 Å². The summed E-state index contributed by atoms with van der Waals surface area (Å²) in [5.41, 5.74) is 1.67. The summed E-state index contributed by atoms with van der Waals surface area (Å²) in [6.45, 7) is 0. The second-order valence-electron chi connectivity index (χ2n) is 2.56. The van der Waals surface area contributed by atoms with Gasteiger partial charge >= 0.3 is 5.97 Å². The molecule has 0 fully saturated rings. The third kappa shape index (κ3) is 2.63. The number of hydrogen-bond acceptors (Lipinski definition) is 3. The van der Waals surface area contributed by atoms with E-state index in [9.17, 15) is 4.79 Å². The summed E-state index contributed by atoms with van der Waals surface area (Å²) < 4.78 is 4.57. The zero-order chi connectivity index (χ0) is 9.68. The van der Waals surface area contributed by atoms with Gasteiger partial charge in [0.2, 0.25) is 0 Å². The van der Waals surface area contributed by atoms with E-state index in [0.717, 1.165) is 12.0 Å². The molecule has 0 unspecified atom stereocenters. The minimum absolute atomic E-state index is 0.311. The number of esters is 1. The van der Waals surface area contributed by atoms with E-state index in [1.807, 2.05) is 12.1 Å². The maximum Gasteiger partial charge on any atom is 0.337 e. The van der Waals surface area contributed by atoms with Crippen molar-refractivity contribution in [2.45, 2.75) is 6.42 Å². The van der Waals surface area contributed by atoms with E-state index in [2.05, 4.69) is 4.74 Å². The van der Waals surface area contributed by atoms with E-state index < -0.39 is 0 Å². The van der Waals surface area contributed by atoms with Crippen molar-refractivity contribution in [3.05, 3.63) is 35.4 Å². The zero-order valence-electron chi connectivity index (χ0n) is 7.32. The molecule has 0 amide bonds. The van der Waals surface area contributed by atoms with Crippen LogP contribution in [-0.4, -0.2) is 18.4 Å².